The molecule has 0 aliphatic heterocycles. The number of ether oxygens (including phenoxy) is 1. The highest BCUT2D eigenvalue weighted by Crippen LogP contribution is 2.28. The summed E-state index contributed by atoms with van der Waals surface area (Å²) in [5.41, 5.74) is 9.27. The number of benzene rings is 1. The van der Waals surface area contributed by atoms with Crippen molar-refractivity contribution in [3.05, 3.63) is 47.2 Å². The lowest BCUT2D eigenvalue weighted by Gasteiger charge is -2.15. The van der Waals surface area contributed by atoms with E-state index in [9.17, 15) is 5.26 Å². The number of rotatable bonds is 4. The summed E-state index contributed by atoms with van der Waals surface area (Å²) in [6, 6.07) is 12.0. The smallest absolute Gasteiger partial charge is 0.219 e. The van der Waals surface area contributed by atoms with Crippen molar-refractivity contribution in [1.82, 2.24) is 4.57 Å². The summed E-state index contributed by atoms with van der Waals surface area (Å²) < 4.78 is 7.57. The Morgan fingerprint density at radius 3 is 2.70 bits per heavy atom. The highest BCUT2D eigenvalue weighted by atomic mass is 16.5. The van der Waals surface area contributed by atoms with Gasteiger partial charge >= 0.3 is 0 Å². The Labute approximate surface area is 119 Å². The third-order valence-corrected chi connectivity index (χ3v) is 2.96. The van der Waals surface area contributed by atoms with Crippen LogP contribution in [0.5, 0.6) is 5.88 Å². The molecular weight excluding hydrogens is 250 g/mol. The summed E-state index contributed by atoms with van der Waals surface area (Å²) >= 11 is 0. The zero-order valence-corrected chi connectivity index (χ0v) is 12.1. The zero-order valence-electron chi connectivity index (χ0n) is 12.1. The average molecular weight is 269 g/mol. The number of aryl methyl sites for hydroxylation is 1. The second kappa shape index (κ2) is 5.70. The Balaban J connectivity index is 2.41. The van der Waals surface area contributed by atoms with Gasteiger partial charge in [-0.3, -0.25) is 4.57 Å². The molecule has 0 aliphatic carbocycles. The quantitative estimate of drug-likeness (QED) is 0.927. The molecule has 2 N–H and O–H groups in total. The van der Waals surface area contributed by atoms with Gasteiger partial charge in [0, 0.05) is 6.07 Å². The molecule has 0 spiro atoms. The normalized spacial score (nSPS) is 10.6. The molecule has 0 unspecified atom stereocenters. The molecule has 1 aromatic heterocycles. The van der Waals surface area contributed by atoms with Gasteiger partial charge in [-0.05, 0) is 26.3 Å². The monoisotopic (exact) mass is 269 g/mol. The Hall–Kier alpha value is -2.41. The number of nitrogen functional groups attached to an aromatic ring is 1. The average Bonchev–Trinajstić information content (AvgIpc) is 2.66. The lowest BCUT2D eigenvalue weighted by atomic mass is 10.1. The molecule has 104 valence electrons. The maximum absolute atomic E-state index is 9.24. The third kappa shape index (κ3) is 2.94. The van der Waals surface area contributed by atoms with Gasteiger partial charge in [0.1, 0.15) is 11.8 Å². The fourth-order valence-electron chi connectivity index (χ4n) is 2.15. The van der Waals surface area contributed by atoms with E-state index >= 15 is 0 Å². The molecule has 0 atom stereocenters. The van der Waals surface area contributed by atoms with Crippen LogP contribution in [0.25, 0.3) is 0 Å². The summed E-state index contributed by atoms with van der Waals surface area (Å²) in [6.45, 7) is 6.50. The van der Waals surface area contributed by atoms with Crippen LogP contribution in [0.2, 0.25) is 0 Å². The third-order valence-electron chi connectivity index (χ3n) is 2.96. The fourth-order valence-corrected chi connectivity index (χ4v) is 2.15. The highest BCUT2D eigenvalue weighted by molar-refractivity contribution is 5.55. The molecule has 2 rings (SSSR count). The number of hydrogen-bond acceptors (Lipinski definition) is 3. The molecule has 2 aromatic rings. The van der Waals surface area contributed by atoms with Crippen LogP contribution in [0.15, 0.2) is 30.3 Å². The summed E-state index contributed by atoms with van der Waals surface area (Å²) in [5, 5.41) is 9.24. The van der Waals surface area contributed by atoms with Gasteiger partial charge in [0.15, 0.2) is 0 Å². The minimum atomic E-state index is 0.00926. The van der Waals surface area contributed by atoms with E-state index in [0.717, 1.165) is 5.56 Å². The van der Waals surface area contributed by atoms with Crippen molar-refractivity contribution in [3.8, 4) is 11.9 Å². The molecule has 0 aliphatic rings. The van der Waals surface area contributed by atoms with E-state index in [0.29, 0.717) is 23.8 Å². The molecule has 0 saturated heterocycles. The molecule has 1 heterocycles. The predicted octanol–water partition coefficient (Wildman–Crippen LogP) is 3.09. The van der Waals surface area contributed by atoms with Crippen molar-refractivity contribution in [2.75, 3.05) is 5.73 Å². The lowest BCUT2D eigenvalue weighted by molar-refractivity contribution is 0.224. The van der Waals surface area contributed by atoms with E-state index in [1.807, 2.05) is 43.5 Å². The van der Waals surface area contributed by atoms with Crippen molar-refractivity contribution in [3.63, 3.8) is 0 Å². The van der Waals surface area contributed by atoms with Crippen LogP contribution in [0, 0.1) is 18.3 Å². The van der Waals surface area contributed by atoms with Gasteiger partial charge < -0.3 is 10.5 Å². The van der Waals surface area contributed by atoms with Crippen LogP contribution in [0.1, 0.15) is 30.7 Å². The Kier molecular flexibility index (Phi) is 3.99. The summed E-state index contributed by atoms with van der Waals surface area (Å²) in [6.07, 6.45) is 0.00926. The molecular formula is C16H19N3O. The Morgan fingerprint density at radius 1 is 1.35 bits per heavy atom. The maximum atomic E-state index is 9.24. The number of nitrogens with zero attached hydrogens (tertiary/aromatic N) is 2. The Morgan fingerprint density at radius 2 is 2.10 bits per heavy atom. The van der Waals surface area contributed by atoms with E-state index < -0.39 is 0 Å². The molecule has 20 heavy (non-hydrogen) atoms. The van der Waals surface area contributed by atoms with E-state index in [-0.39, 0.29) is 6.10 Å². The summed E-state index contributed by atoms with van der Waals surface area (Å²) in [5.74, 6) is 0.568. The predicted molar refractivity (Wildman–Crippen MR) is 79.6 cm³/mol. The molecule has 0 amide bonds. The van der Waals surface area contributed by atoms with Gasteiger partial charge in [0.25, 0.3) is 0 Å². The standard InChI is InChI=1S/C16H19N3O/c1-11(2)20-16-15(18)8-14(9-17)19(16)10-13-6-4-5-12(3)7-13/h4-8,11H,10,18H2,1-3H3. The van der Waals surface area contributed by atoms with Crippen LogP contribution in [0.4, 0.5) is 5.69 Å². The van der Waals surface area contributed by atoms with Crippen molar-refractivity contribution in [1.29, 1.82) is 5.26 Å². The minimum absolute atomic E-state index is 0.00926. The lowest BCUT2D eigenvalue weighted by Crippen LogP contribution is -2.12. The van der Waals surface area contributed by atoms with Gasteiger partial charge in [0.05, 0.1) is 18.3 Å². The number of nitriles is 1. The highest BCUT2D eigenvalue weighted by Gasteiger charge is 2.16. The van der Waals surface area contributed by atoms with E-state index in [2.05, 4.69) is 12.1 Å². The first-order chi connectivity index (χ1) is 9.51. The van der Waals surface area contributed by atoms with Gasteiger partial charge in [-0.1, -0.05) is 29.8 Å². The molecule has 1 aromatic carbocycles. The van der Waals surface area contributed by atoms with Gasteiger partial charge in [-0.2, -0.15) is 5.26 Å². The minimum Gasteiger partial charge on any atom is -0.475 e. The van der Waals surface area contributed by atoms with Crippen molar-refractivity contribution >= 4 is 5.69 Å². The van der Waals surface area contributed by atoms with E-state index in [1.54, 1.807) is 6.07 Å². The van der Waals surface area contributed by atoms with Gasteiger partial charge in [-0.15, -0.1) is 0 Å². The molecule has 4 nitrogen and oxygen atoms in total. The molecule has 0 radical (unpaired) electrons. The molecule has 0 fully saturated rings. The first-order valence-corrected chi connectivity index (χ1v) is 6.62. The number of anilines is 1. The molecule has 4 heteroatoms. The topological polar surface area (TPSA) is 64.0 Å². The van der Waals surface area contributed by atoms with Crippen LogP contribution in [-0.4, -0.2) is 10.7 Å². The summed E-state index contributed by atoms with van der Waals surface area (Å²) in [4.78, 5) is 0. The van der Waals surface area contributed by atoms with Crippen molar-refractivity contribution in [2.45, 2.75) is 33.4 Å². The second-order valence-electron chi connectivity index (χ2n) is 5.14. The molecule has 0 saturated carbocycles. The first-order valence-electron chi connectivity index (χ1n) is 6.62. The van der Waals surface area contributed by atoms with Crippen LogP contribution < -0.4 is 10.5 Å². The van der Waals surface area contributed by atoms with E-state index in [1.165, 1.54) is 5.56 Å². The molecule has 0 bridgehead atoms. The van der Waals surface area contributed by atoms with Crippen molar-refractivity contribution in [2.24, 2.45) is 0 Å². The van der Waals surface area contributed by atoms with Gasteiger partial charge in [-0.25, -0.2) is 0 Å². The van der Waals surface area contributed by atoms with Crippen LogP contribution in [-0.2, 0) is 6.54 Å². The number of hydrogen-bond donors (Lipinski definition) is 1. The van der Waals surface area contributed by atoms with Crippen LogP contribution >= 0.6 is 0 Å². The second-order valence-corrected chi connectivity index (χ2v) is 5.14. The zero-order chi connectivity index (χ0) is 14.7. The van der Waals surface area contributed by atoms with E-state index in [4.69, 9.17) is 10.5 Å². The van der Waals surface area contributed by atoms with Crippen LogP contribution in [0.3, 0.4) is 0 Å². The Bertz CT molecular complexity index is 650. The first kappa shape index (κ1) is 14.0. The number of aromatic nitrogens is 1. The largest absolute Gasteiger partial charge is 0.475 e. The van der Waals surface area contributed by atoms with Gasteiger partial charge in [0.2, 0.25) is 5.88 Å². The fraction of sp³-hybridized carbons (Fsp3) is 0.312. The maximum Gasteiger partial charge on any atom is 0.219 e. The summed E-state index contributed by atoms with van der Waals surface area (Å²) in [7, 11) is 0. The van der Waals surface area contributed by atoms with Crippen molar-refractivity contribution < 1.29 is 4.74 Å². The number of nitrogens with two attached hydrogens (primary N) is 1. The SMILES string of the molecule is Cc1cccc(Cn2c(C#N)cc(N)c2OC(C)C)c1.